The normalized spacial score (nSPS) is 10.8. The summed E-state index contributed by atoms with van der Waals surface area (Å²) in [4.78, 5) is 12.3. The van der Waals surface area contributed by atoms with Crippen LogP contribution in [0.5, 0.6) is 34.5 Å². The second-order valence-electron chi connectivity index (χ2n) is 5.16. The fourth-order valence-corrected chi connectivity index (χ4v) is 2.48. The molecule has 0 saturated heterocycles. The van der Waals surface area contributed by atoms with Crippen molar-refractivity contribution in [2.45, 2.75) is 0 Å². The summed E-state index contributed by atoms with van der Waals surface area (Å²) in [5.41, 5.74) is -1.03. The second kappa shape index (κ2) is 5.82. The minimum Gasteiger partial charge on any atom is -0.867 e. The molecule has 3 N–H and O–H groups in total. The Morgan fingerprint density at radius 2 is 1.60 bits per heavy atom. The lowest BCUT2D eigenvalue weighted by atomic mass is 10.1. The number of aromatic hydroxyl groups is 3. The number of rotatable bonds is 3. The third-order valence-corrected chi connectivity index (χ3v) is 3.66. The number of phenols is 3. The highest BCUT2D eigenvalue weighted by Crippen LogP contribution is 2.42. The molecule has 0 spiro atoms. The maximum Gasteiger partial charge on any atom is 0.200 e. The van der Waals surface area contributed by atoms with E-state index >= 15 is 0 Å². The largest absolute Gasteiger partial charge is 0.867 e. The van der Waals surface area contributed by atoms with E-state index in [-0.39, 0.29) is 45.3 Å². The smallest absolute Gasteiger partial charge is 0.200 e. The number of hydrogen-bond acceptors (Lipinski definition) is 8. The van der Waals surface area contributed by atoms with Crippen molar-refractivity contribution < 1.29 is 34.3 Å². The fourth-order valence-electron chi connectivity index (χ4n) is 2.48. The van der Waals surface area contributed by atoms with Crippen molar-refractivity contribution in [2.75, 3.05) is 14.2 Å². The van der Waals surface area contributed by atoms with E-state index in [9.17, 15) is 25.2 Å². The molecule has 0 saturated carbocycles. The van der Waals surface area contributed by atoms with Gasteiger partial charge in [0.15, 0.2) is 16.9 Å². The van der Waals surface area contributed by atoms with Gasteiger partial charge < -0.3 is 34.3 Å². The summed E-state index contributed by atoms with van der Waals surface area (Å²) >= 11 is 0. The van der Waals surface area contributed by atoms with Crippen LogP contribution in [0.25, 0.3) is 22.3 Å². The summed E-state index contributed by atoms with van der Waals surface area (Å²) in [6, 6.07) is 4.64. The molecule has 0 radical (unpaired) electrons. The first-order valence-corrected chi connectivity index (χ1v) is 7.02. The lowest BCUT2D eigenvalue weighted by Gasteiger charge is -2.16. The molecule has 0 amide bonds. The molecule has 3 rings (SSSR count). The van der Waals surface area contributed by atoms with E-state index < -0.39 is 16.9 Å². The zero-order valence-electron chi connectivity index (χ0n) is 13.2. The Balaban J connectivity index is 2.37. The van der Waals surface area contributed by atoms with Gasteiger partial charge in [0.2, 0.25) is 5.75 Å². The molecule has 1 aromatic heterocycles. The van der Waals surface area contributed by atoms with Crippen molar-refractivity contribution >= 4 is 11.0 Å². The molecule has 0 atom stereocenters. The highest BCUT2D eigenvalue weighted by molar-refractivity contribution is 5.88. The SMILES string of the molecule is COc1cc(-c2oc3cc(O)cc(O)c3c(=O)c2[O-])cc(OC)c1O. The zero-order valence-corrected chi connectivity index (χ0v) is 13.2. The van der Waals surface area contributed by atoms with E-state index in [4.69, 9.17) is 13.9 Å². The molecule has 8 nitrogen and oxygen atoms in total. The number of fused-ring (bicyclic) bond motifs is 1. The Morgan fingerprint density at radius 3 is 2.16 bits per heavy atom. The van der Waals surface area contributed by atoms with Gasteiger partial charge in [0.05, 0.1) is 14.2 Å². The number of ether oxygens (including phenoxy) is 2. The van der Waals surface area contributed by atoms with Crippen LogP contribution in [0.15, 0.2) is 33.5 Å². The third-order valence-electron chi connectivity index (χ3n) is 3.66. The molecular formula is C17H13O8-. The molecule has 0 fully saturated rings. The maximum absolute atomic E-state index is 12.4. The molecule has 0 aliphatic heterocycles. The van der Waals surface area contributed by atoms with Crippen molar-refractivity contribution in [2.24, 2.45) is 0 Å². The van der Waals surface area contributed by atoms with Crippen molar-refractivity contribution in [1.29, 1.82) is 0 Å². The van der Waals surface area contributed by atoms with Gasteiger partial charge in [-0.25, -0.2) is 0 Å². The Morgan fingerprint density at radius 1 is 1.00 bits per heavy atom. The molecular weight excluding hydrogens is 332 g/mol. The molecule has 25 heavy (non-hydrogen) atoms. The van der Waals surface area contributed by atoms with Gasteiger partial charge in [-0.1, -0.05) is 0 Å². The van der Waals surface area contributed by atoms with Crippen LogP contribution in [0.1, 0.15) is 0 Å². The van der Waals surface area contributed by atoms with Crippen LogP contribution in [0.2, 0.25) is 0 Å². The van der Waals surface area contributed by atoms with E-state index in [1.165, 1.54) is 26.4 Å². The summed E-state index contributed by atoms with van der Waals surface area (Å²) < 4.78 is 15.5. The zero-order chi connectivity index (χ0) is 18.3. The van der Waals surface area contributed by atoms with Crippen LogP contribution in [0.4, 0.5) is 0 Å². The highest BCUT2D eigenvalue weighted by Gasteiger charge is 2.18. The number of benzene rings is 2. The summed E-state index contributed by atoms with van der Waals surface area (Å²) in [6.45, 7) is 0. The van der Waals surface area contributed by atoms with Gasteiger partial charge in [0, 0.05) is 17.7 Å². The van der Waals surface area contributed by atoms with Gasteiger partial charge in [0.25, 0.3) is 0 Å². The molecule has 3 aromatic rings. The van der Waals surface area contributed by atoms with Gasteiger partial charge in [-0.05, 0) is 17.9 Å². The molecule has 8 heteroatoms. The Kier molecular flexibility index (Phi) is 3.80. The topological polar surface area (TPSA) is 132 Å². The van der Waals surface area contributed by atoms with Crippen molar-refractivity contribution in [3.8, 4) is 45.8 Å². The monoisotopic (exact) mass is 345 g/mol. The van der Waals surface area contributed by atoms with E-state index in [2.05, 4.69) is 0 Å². The first kappa shape index (κ1) is 16.3. The third kappa shape index (κ3) is 2.53. The predicted molar refractivity (Wildman–Crippen MR) is 85.5 cm³/mol. The number of hydrogen-bond donors (Lipinski definition) is 3. The van der Waals surface area contributed by atoms with Crippen molar-refractivity contribution in [3.63, 3.8) is 0 Å². The lowest BCUT2D eigenvalue weighted by molar-refractivity contribution is -0.270. The van der Waals surface area contributed by atoms with E-state index in [0.717, 1.165) is 12.1 Å². The summed E-state index contributed by atoms with van der Waals surface area (Å²) in [6.07, 6.45) is 0. The van der Waals surface area contributed by atoms with Crippen molar-refractivity contribution in [3.05, 3.63) is 34.5 Å². The first-order valence-electron chi connectivity index (χ1n) is 7.02. The van der Waals surface area contributed by atoms with Gasteiger partial charge in [-0.3, -0.25) is 4.79 Å². The standard InChI is InChI=1S/C17H14O8/c1-23-11-3-7(4-12(24-2)14(11)20)17-16(22)15(21)13-9(19)5-8(18)6-10(13)25-17/h3-6,18-20,22H,1-2H3/p-1. The summed E-state index contributed by atoms with van der Waals surface area (Å²) in [5.74, 6) is -2.50. The van der Waals surface area contributed by atoms with Gasteiger partial charge >= 0.3 is 0 Å². The molecule has 130 valence electrons. The Hall–Kier alpha value is -3.55. The quantitative estimate of drug-likeness (QED) is 0.653. The maximum atomic E-state index is 12.4. The minimum absolute atomic E-state index is 0.00949. The summed E-state index contributed by atoms with van der Waals surface area (Å²) in [7, 11) is 2.62. The molecule has 2 aromatic carbocycles. The minimum atomic E-state index is -0.997. The Bertz CT molecular complexity index is 1010. The number of methoxy groups -OCH3 is 2. The predicted octanol–water partition coefficient (Wildman–Crippen LogP) is 1.67. The van der Waals surface area contributed by atoms with Crippen molar-refractivity contribution in [1.82, 2.24) is 0 Å². The van der Waals surface area contributed by atoms with Gasteiger partial charge in [-0.2, -0.15) is 0 Å². The van der Waals surface area contributed by atoms with Crippen LogP contribution < -0.4 is 20.0 Å². The van der Waals surface area contributed by atoms with Crippen LogP contribution in [-0.2, 0) is 0 Å². The molecule has 0 bridgehead atoms. The Labute approximate surface area is 140 Å². The highest BCUT2D eigenvalue weighted by atomic mass is 16.5. The van der Waals surface area contributed by atoms with E-state index in [1.54, 1.807) is 0 Å². The average Bonchev–Trinajstić information content (AvgIpc) is 2.57. The van der Waals surface area contributed by atoms with Gasteiger partial charge in [-0.15, -0.1) is 0 Å². The summed E-state index contributed by atoms with van der Waals surface area (Å²) in [5, 5.41) is 41.3. The van der Waals surface area contributed by atoms with Crippen LogP contribution in [0, 0.1) is 0 Å². The second-order valence-corrected chi connectivity index (χ2v) is 5.16. The molecule has 0 aliphatic rings. The fraction of sp³-hybridized carbons (Fsp3) is 0.118. The molecule has 0 aliphatic carbocycles. The van der Waals surface area contributed by atoms with Crippen LogP contribution in [-0.4, -0.2) is 29.5 Å². The molecule has 0 unspecified atom stereocenters. The number of phenolic OH excluding ortho intramolecular Hbond substituents is 3. The van der Waals surface area contributed by atoms with Crippen LogP contribution >= 0.6 is 0 Å². The molecule has 1 heterocycles. The van der Waals surface area contributed by atoms with Crippen LogP contribution in [0.3, 0.4) is 0 Å². The lowest BCUT2D eigenvalue weighted by Crippen LogP contribution is -2.11. The van der Waals surface area contributed by atoms with E-state index in [0.29, 0.717) is 0 Å². The van der Waals surface area contributed by atoms with E-state index in [1.807, 2.05) is 0 Å². The first-order chi connectivity index (χ1) is 11.9. The average molecular weight is 345 g/mol. The van der Waals surface area contributed by atoms with Gasteiger partial charge in [0.1, 0.15) is 28.2 Å².